The van der Waals surface area contributed by atoms with Crippen molar-refractivity contribution in [2.45, 2.75) is 12.8 Å². The Morgan fingerprint density at radius 2 is 1.82 bits per heavy atom. The standard InChI is InChI=1S/C10H17NO6/c1-11-4-5-16-6-7-17-9(13)3-2-8(12)10(14)15/h11H,2-7H2,1H3,(H,14,15). The van der Waals surface area contributed by atoms with E-state index in [0.717, 1.165) is 0 Å². The van der Waals surface area contributed by atoms with Crippen molar-refractivity contribution in [1.82, 2.24) is 5.32 Å². The normalized spacial score (nSPS) is 9.94. The number of carbonyl (C=O) groups excluding carboxylic acids is 2. The Morgan fingerprint density at radius 3 is 2.41 bits per heavy atom. The van der Waals surface area contributed by atoms with E-state index < -0.39 is 17.7 Å². The maximum atomic E-state index is 11.0. The van der Waals surface area contributed by atoms with Crippen molar-refractivity contribution in [2.24, 2.45) is 0 Å². The highest BCUT2D eigenvalue weighted by Gasteiger charge is 2.13. The maximum Gasteiger partial charge on any atom is 0.372 e. The summed E-state index contributed by atoms with van der Waals surface area (Å²) in [6.45, 7) is 1.61. The molecule has 0 saturated heterocycles. The van der Waals surface area contributed by atoms with Gasteiger partial charge in [0.05, 0.1) is 19.6 Å². The van der Waals surface area contributed by atoms with Gasteiger partial charge >= 0.3 is 11.9 Å². The molecular formula is C10H17NO6. The predicted octanol–water partition coefficient (Wildman–Crippen LogP) is -0.800. The first-order valence-electron chi connectivity index (χ1n) is 5.22. The fourth-order valence-electron chi connectivity index (χ4n) is 0.885. The number of hydrogen-bond acceptors (Lipinski definition) is 6. The molecule has 7 nitrogen and oxygen atoms in total. The monoisotopic (exact) mass is 247 g/mol. The Labute approximate surface area is 99.1 Å². The summed E-state index contributed by atoms with van der Waals surface area (Å²) in [5.74, 6) is -3.13. The SMILES string of the molecule is CNCCOCCOC(=O)CCC(=O)C(=O)O. The van der Waals surface area contributed by atoms with E-state index in [2.05, 4.69) is 5.32 Å². The van der Waals surface area contributed by atoms with Gasteiger partial charge in [-0.1, -0.05) is 0 Å². The van der Waals surface area contributed by atoms with Crippen molar-refractivity contribution in [1.29, 1.82) is 0 Å². The van der Waals surface area contributed by atoms with Gasteiger partial charge < -0.3 is 19.9 Å². The largest absolute Gasteiger partial charge is 0.476 e. The van der Waals surface area contributed by atoms with Crippen LogP contribution >= 0.6 is 0 Å². The van der Waals surface area contributed by atoms with Gasteiger partial charge in [-0.2, -0.15) is 0 Å². The minimum absolute atomic E-state index is 0.101. The number of likely N-dealkylation sites (N-methyl/N-ethyl adjacent to an activating group) is 1. The second-order valence-corrected chi connectivity index (χ2v) is 3.16. The summed E-state index contributed by atoms with van der Waals surface area (Å²) in [5, 5.41) is 11.1. The Bertz CT molecular complexity index is 266. The summed E-state index contributed by atoms with van der Waals surface area (Å²) in [6, 6.07) is 0. The zero-order valence-corrected chi connectivity index (χ0v) is 9.73. The van der Waals surface area contributed by atoms with Crippen LogP contribution in [-0.2, 0) is 23.9 Å². The van der Waals surface area contributed by atoms with E-state index in [1.54, 1.807) is 7.05 Å². The van der Waals surface area contributed by atoms with Crippen LogP contribution in [0.3, 0.4) is 0 Å². The fraction of sp³-hybridized carbons (Fsp3) is 0.700. The van der Waals surface area contributed by atoms with Gasteiger partial charge in [0.2, 0.25) is 5.78 Å². The van der Waals surface area contributed by atoms with Crippen molar-refractivity contribution in [3.63, 3.8) is 0 Å². The van der Waals surface area contributed by atoms with Gasteiger partial charge in [0.25, 0.3) is 0 Å². The molecule has 0 radical (unpaired) electrons. The molecular weight excluding hydrogens is 230 g/mol. The van der Waals surface area contributed by atoms with Gasteiger partial charge in [0.15, 0.2) is 0 Å². The number of rotatable bonds is 10. The van der Waals surface area contributed by atoms with E-state index in [1.807, 2.05) is 0 Å². The lowest BCUT2D eigenvalue weighted by Crippen LogP contribution is -2.18. The van der Waals surface area contributed by atoms with Crippen LogP contribution in [0.25, 0.3) is 0 Å². The maximum absolute atomic E-state index is 11.0. The number of carboxylic acids is 1. The topological polar surface area (TPSA) is 102 Å². The van der Waals surface area contributed by atoms with Crippen molar-refractivity contribution >= 4 is 17.7 Å². The van der Waals surface area contributed by atoms with Gasteiger partial charge in [0, 0.05) is 13.0 Å². The minimum Gasteiger partial charge on any atom is -0.476 e. The molecule has 17 heavy (non-hydrogen) atoms. The first kappa shape index (κ1) is 15.5. The summed E-state index contributed by atoms with van der Waals surface area (Å²) in [7, 11) is 1.79. The molecule has 0 atom stereocenters. The number of carbonyl (C=O) groups is 3. The third-order valence-corrected chi connectivity index (χ3v) is 1.78. The van der Waals surface area contributed by atoms with E-state index in [-0.39, 0.29) is 26.1 Å². The van der Waals surface area contributed by atoms with E-state index in [9.17, 15) is 14.4 Å². The number of ketones is 1. The lowest BCUT2D eigenvalue weighted by atomic mass is 10.2. The van der Waals surface area contributed by atoms with Crippen LogP contribution in [0.15, 0.2) is 0 Å². The van der Waals surface area contributed by atoms with Gasteiger partial charge in [-0.25, -0.2) is 4.79 Å². The number of nitrogens with one attached hydrogen (secondary N) is 1. The molecule has 0 aliphatic rings. The molecule has 0 aromatic heterocycles. The van der Waals surface area contributed by atoms with Crippen LogP contribution in [-0.4, -0.2) is 56.2 Å². The van der Waals surface area contributed by atoms with Crippen molar-refractivity contribution in [3.8, 4) is 0 Å². The zero-order chi connectivity index (χ0) is 13.1. The average molecular weight is 247 g/mol. The molecule has 2 N–H and O–H groups in total. The summed E-state index contributed by atoms with van der Waals surface area (Å²) in [6.07, 6.45) is -0.559. The van der Waals surface area contributed by atoms with Gasteiger partial charge in [-0.3, -0.25) is 9.59 Å². The van der Waals surface area contributed by atoms with E-state index in [1.165, 1.54) is 0 Å². The van der Waals surface area contributed by atoms with Gasteiger partial charge in [0.1, 0.15) is 6.61 Å². The predicted molar refractivity (Wildman–Crippen MR) is 57.6 cm³/mol. The summed E-state index contributed by atoms with van der Waals surface area (Å²) >= 11 is 0. The van der Waals surface area contributed by atoms with Crippen LogP contribution in [0.1, 0.15) is 12.8 Å². The smallest absolute Gasteiger partial charge is 0.372 e. The highest BCUT2D eigenvalue weighted by Crippen LogP contribution is 1.94. The molecule has 0 spiro atoms. The Balaban J connectivity index is 3.41. The molecule has 0 aliphatic carbocycles. The summed E-state index contributed by atoms with van der Waals surface area (Å²) in [4.78, 5) is 31.8. The quantitative estimate of drug-likeness (QED) is 0.296. The first-order valence-corrected chi connectivity index (χ1v) is 5.22. The summed E-state index contributed by atoms with van der Waals surface area (Å²) in [5.41, 5.74) is 0. The van der Waals surface area contributed by atoms with Crippen LogP contribution in [0.4, 0.5) is 0 Å². The number of ether oxygens (including phenoxy) is 2. The molecule has 0 bridgehead atoms. The second kappa shape index (κ2) is 9.73. The molecule has 0 aromatic rings. The number of esters is 1. The molecule has 0 heterocycles. The highest BCUT2D eigenvalue weighted by atomic mass is 16.6. The third-order valence-electron chi connectivity index (χ3n) is 1.78. The van der Waals surface area contributed by atoms with Crippen molar-refractivity contribution < 1.29 is 29.0 Å². The number of hydrogen-bond donors (Lipinski definition) is 2. The highest BCUT2D eigenvalue weighted by molar-refractivity contribution is 6.32. The molecule has 0 saturated carbocycles. The number of Topliss-reactive ketones (excluding diaryl/α,β-unsaturated/α-hetero) is 1. The van der Waals surface area contributed by atoms with E-state index in [0.29, 0.717) is 13.2 Å². The molecule has 0 rings (SSSR count). The lowest BCUT2D eigenvalue weighted by Gasteiger charge is -2.05. The van der Waals surface area contributed by atoms with Crippen molar-refractivity contribution in [3.05, 3.63) is 0 Å². The fourth-order valence-corrected chi connectivity index (χ4v) is 0.885. The Morgan fingerprint density at radius 1 is 1.12 bits per heavy atom. The molecule has 0 amide bonds. The van der Waals surface area contributed by atoms with Crippen LogP contribution in [0.5, 0.6) is 0 Å². The van der Waals surface area contributed by atoms with E-state index in [4.69, 9.17) is 14.6 Å². The number of carboxylic acid groups (broad SMARTS) is 1. The zero-order valence-electron chi connectivity index (χ0n) is 9.73. The molecule has 0 aromatic carbocycles. The molecule has 7 heteroatoms. The van der Waals surface area contributed by atoms with E-state index >= 15 is 0 Å². The van der Waals surface area contributed by atoms with Gasteiger partial charge in [-0.15, -0.1) is 0 Å². The van der Waals surface area contributed by atoms with Crippen LogP contribution in [0, 0.1) is 0 Å². The third kappa shape index (κ3) is 9.46. The number of aliphatic carboxylic acids is 1. The van der Waals surface area contributed by atoms with Gasteiger partial charge in [-0.05, 0) is 7.05 Å². The van der Waals surface area contributed by atoms with Crippen LogP contribution < -0.4 is 5.32 Å². The lowest BCUT2D eigenvalue weighted by molar-refractivity contribution is -0.151. The molecule has 98 valence electrons. The van der Waals surface area contributed by atoms with Crippen molar-refractivity contribution in [2.75, 3.05) is 33.4 Å². The Kier molecular flexibility index (Phi) is 8.89. The Hall–Kier alpha value is -1.47. The first-order chi connectivity index (χ1) is 8.07. The van der Waals surface area contributed by atoms with Crippen LogP contribution in [0.2, 0.25) is 0 Å². The summed E-state index contributed by atoms with van der Waals surface area (Å²) < 4.78 is 9.81. The molecule has 0 unspecified atom stereocenters. The average Bonchev–Trinajstić information content (AvgIpc) is 2.30. The minimum atomic E-state index is -1.53. The second-order valence-electron chi connectivity index (χ2n) is 3.16. The molecule has 0 aliphatic heterocycles. The molecule has 0 fully saturated rings.